The summed E-state index contributed by atoms with van der Waals surface area (Å²) in [5, 5.41) is 4.09. The molecule has 6 nitrogen and oxygen atoms in total. The minimum Gasteiger partial charge on any atom is -0.352 e. The third-order valence-corrected chi connectivity index (χ3v) is 6.10. The minimum atomic E-state index is -0.439. The Morgan fingerprint density at radius 2 is 2.07 bits per heavy atom. The molecular formula is C23H20N4O2. The Bertz CT molecular complexity index is 1260. The summed E-state index contributed by atoms with van der Waals surface area (Å²) in [5.41, 5.74) is 3.07. The van der Waals surface area contributed by atoms with Crippen molar-refractivity contribution in [2.24, 2.45) is 0 Å². The highest BCUT2D eigenvalue weighted by Gasteiger charge is 2.40. The van der Waals surface area contributed by atoms with Gasteiger partial charge >= 0.3 is 0 Å². The Kier molecular flexibility index (Phi) is 3.82. The molecule has 2 aliphatic carbocycles. The largest absolute Gasteiger partial charge is 0.352 e. The molecule has 0 saturated heterocycles. The summed E-state index contributed by atoms with van der Waals surface area (Å²) in [7, 11) is 0. The minimum absolute atomic E-state index is 0.0601. The normalized spacial score (nSPS) is 17.6. The smallest absolute Gasteiger partial charge is 0.253 e. The predicted octanol–water partition coefficient (Wildman–Crippen LogP) is 3.22. The third-order valence-electron chi connectivity index (χ3n) is 6.10. The lowest BCUT2D eigenvalue weighted by atomic mass is 9.97. The van der Waals surface area contributed by atoms with Crippen molar-refractivity contribution in [1.29, 1.82) is 0 Å². The van der Waals surface area contributed by atoms with Gasteiger partial charge in [0.2, 0.25) is 0 Å². The number of Topliss-reactive ketones (excluding diaryl/α,β-unsaturated/α-hetero) is 1. The van der Waals surface area contributed by atoms with Gasteiger partial charge in [0.1, 0.15) is 18.2 Å². The van der Waals surface area contributed by atoms with Crippen molar-refractivity contribution < 1.29 is 4.79 Å². The van der Waals surface area contributed by atoms with E-state index in [1.807, 2.05) is 24.4 Å². The van der Waals surface area contributed by atoms with E-state index in [0.717, 1.165) is 34.9 Å². The number of rotatable bonds is 4. The van der Waals surface area contributed by atoms with Gasteiger partial charge in [-0.3, -0.25) is 9.59 Å². The van der Waals surface area contributed by atoms with Gasteiger partial charge in [-0.05, 0) is 37.3 Å². The van der Waals surface area contributed by atoms with Crippen LogP contribution in [0, 0.1) is 12.3 Å². The first-order valence-electron chi connectivity index (χ1n) is 9.76. The molecule has 6 heteroatoms. The maximum atomic E-state index is 12.5. The summed E-state index contributed by atoms with van der Waals surface area (Å²) in [4.78, 5) is 33.3. The SMILES string of the molecule is C#CC(Nc1ncnc2cc(=O)n(C3(C)CC3)cc12)c1cccc2c1CCC2=O. The van der Waals surface area contributed by atoms with E-state index in [4.69, 9.17) is 6.42 Å². The number of nitrogens with one attached hydrogen (secondary N) is 1. The highest BCUT2D eigenvalue weighted by Crippen LogP contribution is 2.42. The van der Waals surface area contributed by atoms with Crippen molar-refractivity contribution in [1.82, 2.24) is 14.5 Å². The molecule has 2 heterocycles. The molecule has 0 aliphatic heterocycles. The zero-order valence-corrected chi connectivity index (χ0v) is 16.1. The van der Waals surface area contributed by atoms with E-state index in [-0.39, 0.29) is 16.9 Å². The Morgan fingerprint density at radius 1 is 1.24 bits per heavy atom. The van der Waals surface area contributed by atoms with Gasteiger partial charge in [0.05, 0.1) is 10.9 Å². The van der Waals surface area contributed by atoms with Crippen LogP contribution in [-0.4, -0.2) is 20.3 Å². The van der Waals surface area contributed by atoms with Gasteiger partial charge in [-0.1, -0.05) is 24.1 Å². The van der Waals surface area contributed by atoms with Crippen molar-refractivity contribution >= 4 is 22.5 Å². The summed E-state index contributed by atoms with van der Waals surface area (Å²) in [6.45, 7) is 2.08. The Balaban J connectivity index is 1.59. The second-order valence-electron chi connectivity index (χ2n) is 8.04. The van der Waals surface area contributed by atoms with Gasteiger partial charge in [0.15, 0.2) is 5.78 Å². The monoisotopic (exact) mass is 384 g/mol. The van der Waals surface area contributed by atoms with Crippen LogP contribution in [-0.2, 0) is 12.0 Å². The zero-order valence-electron chi connectivity index (χ0n) is 16.1. The number of carbonyl (C=O) groups excluding carboxylic acids is 1. The molecule has 29 heavy (non-hydrogen) atoms. The van der Waals surface area contributed by atoms with Crippen LogP contribution in [0.25, 0.3) is 10.9 Å². The number of nitrogens with zero attached hydrogens (tertiary/aromatic N) is 3. The molecule has 1 aromatic carbocycles. The fourth-order valence-corrected chi connectivity index (χ4v) is 4.12. The van der Waals surface area contributed by atoms with Crippen LogP contribution in [0.5, 0.6) is 0 Å². The predicted molar refractivity (Wildman–Crippen MR) is 111 cm³/mol. The van der Waals surface area contributed by atoms with Crippen LogP contribution >= 0.6 is 0 Å². The van der Waals surface area contributed by atoms with Crippen LogP contribution in [0.1, 0.15) is 53.7 Å². The topological polar surface area (TPSA) is 76.9 Å². The van der Waals surface area contributed by atoms with Crippen molar-refractivity contribution in [3.8, 4) is 12.3 Å². The molecule has 1 unspecified atom stereocenters. The second-order valence-corrected chi connectivity index (χ2v) is 8.04. The first-order valence-corrected chi connectivity index (χ1v) is 9.76. The summed E-state index contributed by atoms with van der Waals surface area (Å²) < 4.78 is 1.77. The average Bonchev–Trinajstić information content (AvgIpc) is 3.36. The third kappa shape index (κ3) is 2.82. The molecule has 1 atom stereocenters. The number of anilines is 1. The Morgan fingerprint density at radius 3 is 2.83 bits per heavy atom. The number of hydrogen-bond donors (Lipinski definition) is 1. The van der Waals surface area contributed by atoms with E-state index in [9.17, 15) is 9.59 Å². The average molecular weight is 384 g/mol. The lowest BCUT2D eigenvalue weighted by molar-refractivity contribution is 0.0994. The van der Waals surface area contributed by atoms with E-state index in [1.54, 1.807) is 10.6 Å². The molecule has 1 saturated carbocycles. The highest BCUT2D eigenvalue weighted by atomic mass is 16.1. The van der Waals surface area contributed by atoms with E-state index in [1.165, 1.54) is 6.33 Å². The Labute approximate surface area is 168 Å². The second kappa shape index (κ2) is 6.28. The number of aromatic nitrogens is 3. The summed E-state index contributed by atoms with van der Waals surface area (Å²) in [6, 6.07) is 6.80. The molecule has 3 aromatic rings. The van der Waals surface area contributed by atoms with Gasteiger partial charge in [-0.15, -0.1) is 6.42 Å². The summed E-state index contributed by atoms with van der Waals surface area (Å²) in [5.74, 6) is 3.53. The van der Waals surface area contributed by atoms with Gasteiger partial charge < -0.3 is 9.88 Å². The van der Waals surface area contributed by atoms with E-state index >= 15 is 0 Å². The molecule has 1 N–H and O–H groups in total. The first kappa shape index (κ1) is 17.6. The van der Waals surface area contributed by atoms with E-state index < -0.39 is 6.04 Å². The lowest BCUT2D eigenvalue weighted by Crippen LogP contribution is -2.27. The molecule has 0 radical (unpaired) electrons. The van der Waals surface area contributed by atoms with E-state index in [2.05, 4.69) is 28.1 Å². The van der Waals surface area contributed by atoms with Gasteiger partial charge in [0, 0.05) is 29.8 Å². The van der Waals surface area contributed by atoms with E-state index in [0.29, 0.717) is 24.2 Å². The lowest BCUT2D eigenvalue weighted by Gasteiger charge is -2.19. The molecule has 2 aromatic heterocycles. The number of hydrogen-bond acceptors (Lipinski definition) is 5. The van der Waals surface area contributed by atoms with Crippen LogP contribution < -0.4 is 10.9 Å². The fraction of sp³-hybridized carbons (Fsp3) is 0.304. The quantitative estimate of drug-likeness (QED) is 0.699. The van der Waals surface area contributed by atoms with Gasteiger partial charge in [-0.25, -0.2) is 9.97 Å². The van der Waals surface area contributed by atoms with Crippen LogP contribution in [0.3, 0.4) is 0 Å². The molecule has 2 aliphatic rings. The first-order chi connectivity index (χ1) is 14.0. The van der Waals surface area contributed by atoms with Crippen LogP contribution in [0.15, 0.2) is 41.6 Å². The zero-order chi connectivity index (χ0) is 20.2. The molecule has 0 bridgehead atoms. The number of pyridine rings is 1. The molecule has 0 amide bonds. The Hall–Kier alpha value is -3.46. The highest BCUT2D eigenvalue weighted by molar-refractivity contribution is 6.01. The van der Waals surface area contributed by atoms with Crippen LogP contribution in [0.2, 0.25) is 0 Å². The summed E-state index contributed by atoms with van der Waals surface area (Å²) >= 11 is 0. The molecule has 5 rings (SSSR count). The van der Waals surface area contributed by atoms with Crippen molar-refractivity contribution in [2.75, 3.05) is 5.32 Å². The molecule has 1 fully saturated rings. The maximum Gasteiger partial charge on any atom is 0.253 e. The fourth-order valence-electron chi connectivity index (χ4n) is 4.12. The molecule has 144 valence electrons. The van der Waals surface area contributed by atoms with Crippen molar-refractivity contribution in [3.05, 3.63) is 63.8 Å². The number of benzene rings is 1. The van der Waals surface area contributed by atoms with Crippen LogP contribution in [0.4, 0.5) is 5.82 Å². The number of fused-ring (bicyclic) bond motifs is 2. The summed E-state index contributed by atoms with van der Waals surface area (Å²) in [6.07, 6.45) is 12.3. The standard InChI is InChI=1S/C23H20N4O2/c1-3-18(15-5-4-6-16-14(15)7-8-20(16)28)26-22-17-12-27(23(2)9-10-23)21(29)11-19(17)24-13-25-22/h1,4-6,11-13,18H,7-10H2,2H3,(H,24,25,26). The molecule has 0 spiro atoms. The maximum absolute atomic E-state index is 12.5. The number of carbonyl (C=O) groups is 1. The van der Waals surface area contributed by atoms with Crippen molar-refractivity contribution in [2.45, 2.75) is 44.2 Å². The number of terminal acetylenes is 1. The van der Waals surface area contributed by atoms with Gasteiger partial charge in [-0.2, -0.15) is 0 Å². The molecular weight excluding hydrogens is 364 g/mol. The number of ketones is 1. The van der Waals surface area contributed by atoms with Gasteiger partial charge in [0.25, 0.3) is 5.56 Å². The van der Waals surface area contributed by atoms with Crippen molar-refractivity contribution in [3.63, 3.8) is 0 Å².